The maximum Gasteiger partial charge on any atom is 0.235 e. The monoisotopic (exact) mass is 470 g/mol. The van der Waals surface area contributed by atoms with E-state index < -0.39 is 5.41 Å². The highest BCUT2D eigenvalue weighted by Crippen LogP contribution is 2.65. The molecule has 1 aliphatic carbocycles. The molecule has 2 aromatic heterocycles. The zero-order valence-corrected chi connectivity index (χ0v) is 20.0. The molecular formula is C26H26N6O3. The molecule has 0 bridgehead atoms. The Balaban J connectivity index is 1.31. The Kier molecular flexibility index (Phi) is 4.70. The molecule has 3 heterocycles. The zero-order chi connectivity index (χ0) is 24.3. The van der Waals surface area contributed by atoms with Gasteiger partial charge in [-0.2, -0.15) is 5.10 Å². The highest BCUT2D eigenvalue weighted by atomic mass is 16.5. The summed E-state index contributed by atoms with van der Waals surface area (Å²) >= 11 is 0. The lowest BCUT2D eigenvalue weighted by molar-refractivity contribution is -0.118. The minimum Gasteiger partial charge on any atom is -0.497 e. The minimum atomic E-state index is -0.541. The predicted octanol–water partition coefficient (Wildman–Crippen LogP) is 4.58. The van der Waals surface area contributed by atoms with Crippen LogP contribution in [-0.4, -0.2) is 39.3 Å². The van der Waals surface area contributed by atoms with Crippen molar-refractivity contribution in [3.63, 3.8) is 0 Å². The molecule has 2 atom stereocenters. The number of aryl methyl sites for hydroxylation is 1. The number of carbonyl (C=O) groups excluding carboxylic acids is 1. The lowest BCUT2D eigenvalue weighted by Crippen LogP contribution is -2.21. The van der Waals surface area contributed by atoms with Crippen molar-refractivity contribution in [3.05, 3.63) is 59.5 Å². The third kappa shape index (κ3) is 3.38. The van der Waals surface area contributed by atoms with Gasteiger partial charge in [-0.05, 0) is 68.7 Å². The molecule has 0 saturated heterocycles. The van der Waals surface area contributed by atoms with Crippen molar-refractivity contribution < 1.29 is 14.3 Å². The molecule has 4 aromatic rings. The van der Waals surface area contributed by atoms with Crippen molar-refractivity contribution in [3.8, 4) is 11.5 Å². The van der Waals surface area contributed by atoms with E-state index in [0.717, 1.165) is 39.9 Å². The summed E-state index contributed by atoms with van der Waals surface area (Å²) in [5, 5.41) is 14.9. The Morgan fingerprint density at radius 2 is 2.03 bits per heavy atom. The van der Waals surface area contributed by atoms with Gasteiger partial charge in [-0.1, -0.05) is 6.07 Å². The molecule has 1 fully saturated rings. The molecular weight excluding hydrogens is 444 g/mol. The van der Waals surface area contributed by atoms with Gasteiger partial charge >= 0.3 is 0 Å². The van der Waals surface area contributed by atoms with Crippen molar-refractivity contribution in [1.29, 1.82) is 0 Å². The second-order valence-corrected chi connectivity index (χ2v) is 9.39. The molecule has 0 unspecified atom stereocenters. The summed E-state index contributed by atoms with van der Waals surface area (Å²) in [6.07, 6.45) is 2.42. The summed E-state index contributed by atoms with van der Waals surface area (Å²) in [7, 11) is 1.64. The van der Waals surface area contributed by atoms with Crippen molar-refractivity contribution in [1.82, 2.24) is 20.2 Å². The van der Waals surface area contributed by atoms with Gasteiger partial charge in [-0.3, -0.25) is 9.89 Å². The van der Waals surface area contributed by atoms with Gasteiger partial charge in [-0.15, -0.1) is 0 Å². The number of benzene rings is 2. The Bertz CT molecular complexity index is 1480. The lowest BCUT2D eigenvalue weighted by Gasteiger charge is -2.14. The normalized spacial score (nSPS) is 20.3. The second kappa shape index (κ2) is 7.69. The molecule has 2 aromatic carbocycles. The van der Waals surface area contributed by atoms with Crippen LogP contribution in [0.2, 0.25) is 0 Å². The van der Waals surface area contributed by atoms with Crippen LogP contribution in [0.15, 0.2) is 42.6 Å². The van der Waals surface area contributed by atoms with Gasteiger partial charge in [0.2, 0.25) is 5.91 Å². The fourth-order valence-corrected chi connectivity index (χ4v) is 5.05. The molecule has 0 radical (unpaired) electrons. The summed E-state index contributed by atoms with van der Waals surface area (Å²) in [6, 6.07) is 11.9. The Hall–Kier alpha value is -4.14. The average molecular weight is 471 g/mol. The number of amides is 1. The fraction of sp³-hybridized carbons (Fsp3) is 0.308. The number of aromatic nitrogens is 4. The first kappa shape index (κ1) is 21.4. The number of rotatable bonds is 6. The van der Waals surface area contributed by atoms with Crippen molar-refractivity contribution in [2.24, 2.45) is 0 Å². The number of H-pyrrole nitrogens is 1. The molecule has 178 valence electrons. The van der Waals surface area contributed by atoms with Crippen LogP contribution in [0, 0.1) is 6.92 Å². The number of carbonyl (C=O) groups is 1. The van der Waals surface area contributed by atoms with Crippen molar-refractivity contribution >= 4 is 34.1 Å². The van der Waals surface area contributed by atoms with E-state index in [9.17, 15) is 4.79 Å². The molecule has 2 aliphatic rings. The molecule has 1 aliphatic heterocycles. The average Bonchev–Trinajstić information content (AvgIpc) is 3.39. The maximum atomic E-state index is 13.0. The topological polar surface area (TPSA) is 114 Å². The van der Waals surface area contributed by atoms with Crippen molar-refractivity contribution in [2.45, 2.75) is 44.6 Å². The number of hydrogen-bond acceptors (Lipinski definition) is 7. The molecule has 1 saturated carbocycles. The van der Waals surface area contributed by atoms with Crippen LogP contribution >= 0.6 is 0 Å². The predicted molar refractivity (Wildman–Crippen MR) is 133 cm³/mol. The van der Waals surface area contributed by atoms with Crippen LogP contribution in [0.3, 0.4) is 0 Å². The van der Waals surface area contributed by atoms with E-state index >= 15 is 0 Å². The first-order valence-electron chi connectivity index (χ1n) is 11.6. The number of hydrogen-bond donors (Lipinski definition) is 3. The van der Waals surface area contributed by atoms with Gasteiger partial charge in [-0.25, -0.2) is 9.97 Å². The van der Waals surface area contributed by atoms with E-state index in [1.807, 2.05) is 45.0 Å². The zero-order valence-electron chi connectivity index (χ0n) is 20.0. The lowest BCUT2D eigenvalue weighted by atomic mass is 9.91. The number of aromatic amines is 1. The summed E-state index contributed by atoms with van der Waals surface area (Å²) in [4.78, 5) is 21.7. The van der Waals surface area contributed by atoms with E-state index in [0.29, 0.717) is 23.2 Å². The standard InChI is InChI=1S/C26H26N6O3/c1-13(2)35-22-12-27-14(3)28-24(22)30-23-17-7-5-15(9-21(17)31-32-23)19-11-26(19)18-10-16(34-4)6-8-20(18)29-25(26)33/h5-10,12-13,19H,11H2,1-4H3,(H,29,33)(H2,27,28,30,31,32)/t19-,26-/m0/s1. The number of methoxy groups -OCH3 is 1. The van der Waals surface area contributed by atoms with Gasteiger partial charge in [0.25, 0.3) is 0 Å². The summed E-state index contributed by atoms with van der Waals surface area (Å²) < 4.78 is 11.3. The minimum absolute atomic E-state index is 0.0101. The van der Waals surface area contributed by atoms with Gasteiger partial charge in [0.1, 0.15) is 11.6 Å². The molecule has 35 heavy (non-hydrogen) atoms. The van der Waals surface area contributed by atoms with E-state index in [2.05, 4.69) is 42.9 Å². The Morgan fingerprint density at radius 3 is 2.83 bits per heavy atom. The van der Waals surface area contributed by atoms with Gasteiger partial charge in [0.15, 0.2) is 17.4 Å². The largest absolute Gasteiger partial charge is 0.497 e. The first-order valence-corrected chi connectivity index (χ1v) is 11.6. The SMILES string of the molecule is COc1ccc2c(c1)[C@]1(C[C@H]1c1ccc3c(Nc4nc(C)ncc4OC(C)C)n[nH]c3c1)C(=O)N2. The van der Waals surface area contributed by atoms with Gasteiger partial charge in [0, 0.05) is 17.0 Å². The van der Waals surface area contributed by atoms with E-state index in [-0.39, 0.29) is 17.9 Å². The number of anilines is 3. The third-order valence-electron chi connectivity index (χ3n) is 6.79. The van der Waals surface area contributed by atoms with Gasteiger partial charge in [0.05, 0.1) is 30.3 Å². The molecule has 1 spiro atoms. The van der Waals surface area contributed by atoms with Crippen LogP contribution in [0.1, 0.15) is 43.1 Å². The van der Waals surface area contributed by atoms with Crippen LogP contribution in [-0.2, 0) is 10.2 Å². The van der Waals surface area contributed by atoms with E-state index in [1.54, 1.807) is 13.3 Å². The fourth-order valence-electron chi connectivity index (χ4n) is 5.05. The molecule has 9 nitrogen and oxygen atoms in total. The van der Waals surface area contributed by atoms with Crippen LogP contribution in [0.5, 0.6) is 11.5 Å². The molecule has 9 heteroatoms. The summed E-state index contributed by atoms with van der Waals surface area (Å²) in [6.45, 7) is 5.75. The van der Waals surface area contributed by atoms with Crippen LogP contribution < -0.4 is 20.1 Å². The van der Waals surface area contributed by atoms with Gasteiger partial charge < -0.3 is 20.1 Å². The number of fused-ring (bicyclic) bond motifs is 3. The van der Waals surface area contributed by atoms with E-state index in [4.69, 9.17) is 9.47 Å². The van der Waals surface area contributed by atoms with Crippen LogP contribution in [0.4, 0.5) is 17.3 Å². The molecule has 1 amide bonds. The number of nitrogens with one attached hydrogen (secondary N) is 3. The van der Waals surface area contributed by atoms with Crippen molar-refractivity contribution in [2.75, 3.05) is 17.7 Å². The highest BCUT2D eigenvalue weighted by molar-refractivity contribution is 6.10. The quantitative estimate of drug-likeness (QED) is 0.378. The summed E-state index contributed by atoms with van der Waals surface area (Å²) in [5.74, 6) is 3.32. The second-order valence-electron chi connectivity index (χ2n) is 9.39. The Morgan fingerprint density at radius 1 is 1.17 bits per heavy atom. The van der Waals surface area contributed by atoms with E-state index in [1.165, 1.54) is 0 Å². The maximum absolute atomic E-state index is 13.0. The molecule has 6 rings (SSSR count). The smallest absolute Gasteiger partial charge is 0.235 e. The number of nitrogens with zero attached hydrogens (tertiary/aromatic N) is 3. The third-order valence-corrected chi connectivity index (χ3v) is 6.79. The highest BCUT2D eigenvalue weighted by Gasteiger charge is 2.65. The summed E-state index contributed by atoms with van der Waals surface area (Å²) in [5.41, 5.74) is 3.32. The van der Waals surface area contributed by atoms with Crippen LogP contribution in [0.25, 0.3) is 10.9 Å². The number of ether oxygens (including phenoxy) is 2. The Labute approximate surface area is 202 Å². The molecule has 3 N–H and O–H groups in total. The first-order chi connectivity index (χ1) is 16.9.